The topological polar surface area (TPSA) is 75.7 Å². The van der Waals surface area contributed by atoms with E-state index < -0.39 is 23.4 Å². The minimum atomic E-state index is -4.91. The predicted octanol–water partition coefficient (Wildman–Crippen LogP) is 2.81. The Bertz CT molecular complexity index is 546. The summed E-state index contributed by atoms with van der Waals surface area (Å²) in [5.74, 6) is -1.78. The van der Waals surface area contributed by atoms with E-state index in [4.69, 9.17) is 10.8 Å². The van der Waals surface area contributed by atoms with Crippen LogP contribution in [0.4, 0.5) is 18.9 Å². The summed E-state index contributed by atoms with van der Waals surface area (Å²) in [5.41, 5.74) is 3.27. The number of nitrogens with two attached hydrogens (primary N) is 1. The number of hydrogen-bond donors (Lipinski definition) is 2. The summed E-state index contributed by atoms with van der Waals surface area (Å²) in [4.78, 5) is 14.1. The van der Waals surface area contributed by atoms with Crippen molar-refractivity contribution in [2.45, 2.75) is 19.5 Å². The Morgan fingerprint density at radius 1 is 1.35 bits per heavy atom. The minimum Gasteiger partial charge on any atom is -0.478 e. The summed E-state index contributed by atoms with van der Waals surface area (Å²) >= 11 is 0. The van der Waals surface area contributed by atoms with Gasteiger partial charge in [-0.3, -0.25) is 0 Å². The Morgan fingerprint density at radius 2 is 1.90 bits per heavy atom. The van der Waals surface area contributed by atoms with Crippen LogP contribution in [-0.2, 0) is 11.2 Å². The monoisotopic (exact) mass is 286 g/mol. The highest BCUT2D eigenvalue weighted by atomic mass is 19.4. The molecule has 0 fully saturated rings. The molecule has 0 saturated heterocycles. The van der Waals surface area contributed by atoms with Gasteiger partial charge in [-0.2, -0.15) is 13.2 Å². The molecule has 0 aliphatic rings. The van der Waals surface area contributed by atoms with E-state index in [9.17, 15) is 18.0 Å². The third-order valence-electron chi connectivity index (χ3n) is 2.51. The first-order valence-corrected chi connectivity index (χ1v) is 5.70. The second kappa shape index (κ2) is 6.23. The van der Waals surface area contributed by atoms with Crippen molar-refractivity contribution in [1.82, 2.24) is 0 Å². The third-order valence-corrected chi connectivity index (χ3v) is 2.51. The fourth-order valence-electron chi connectivity index (χ4n) is 1.46. The van der Waals surface area contributed by atoms with Crippen LogP contribution in [0.2, 0.25) is 0 Å². The van der Waals surface area contributed by atoms with Crippen molar-refractivity contribution in [2.75, 3.05) is 0 Å². The summed E-state index contributed by atoms with van der Waals surface area (Å²) < 4.78 is 38.6. The number of nitrogens with zero attached hydrogens (tertiary/aromatic N) is 1. The molecule has 0 aliphatic carbocycles. The molecule has 0 spiro atoms. The van der Waals surface area contributed by atoms with Crippen LogP contribution in [0.3, 0.4) is 0 Å². The highest BCUT2D eigenvalue weighted by Gasteiger charge is 2.40. The van der Waals surface area contributed by atoms with Crippen molar-refractivity contribution >= 4 is 17.4 Å². The van der Waals surface area contributed by atoms with Crippen LogP contribution in [-0.4, -0.2) is 23.0 Å². The lowest BCUT2D eigenvalue weighted by atomic mass is 10.1. The molecule has 3 N–H and O–H groups in total. The van der Waals surface area contributed by atoms with Crippen molar-refractivity contribution in [3.8, 4) is 0 Å². The van der Waals surface area contributed by atoms with Gasteiger partial charge in [0.15, 0.2) is 5.71 Å². The standard InChI is InChI=1S/C13H13F3N2O2/c1-2-8-3-5-9(6-4-8)18-11(13(14,15)16)10(7-17)12(19)20/h3-7H,2,17H2,1H3,(H,19,20). The number of aliphatic imine (C=N–C) groups is 1. The van der Waals surface area contributed by atoms with E-state index in [1.165, 1.54) is 12.1 Å². The quantitative estimate of drug-likeness (QED) is 0.660. The number of carboxylic acid groups (broad SMARTS) is 1. The number of carboxylic acids is 1. The maximum atomic E-state index is 12.9. The smallest absolute Gasteiger partial charge is 0.434 e. The first-order chi connectivity index (χ1) is 9.29. The fourth-order valence-corrected chi connectivity index (χ4v) is 1.46. The van der Waals surface area contributed by atoms with Gasteiger partial charge in [0.2, 0.25) is 0 Å². The average Bonchev–Trinajstić information content (AvgIpc) is 2.37. The number of aryl methyl sites for hydroxylation is 1. The predicted molar refractivity (Wildman–Crippen MR) is 68.9 cm³/mol. The summed E-state index contributed by atoms with van der Waals surface area (Å²) in [6, 6.07) is 6.03. The lowest BCUT2D eigenvalue weighted by molar-refractivity contribution is -0.132. The van der Waals surface area contributed by atoms with Crippen LogP contribution >= 0.6 is 0 Å². The Hall–Kier alpha value is -2.31. The first-order valence-electron chi connectivity index (χ1n) is 5.70. The van der Waals surface area contributed by atoms with Gasteiger partial charge in [0, 0.05) is 6.20 Å². The van der Waals surface area contributed by atoms with Gasteiger partial charge in [0.25, 0.3) is 0 Å². The maximum absolute atomic E-state index is 12.9. The lowest BCUT2D eigenvalue weighted by Crippen LogP contribution is -2.29. The van der Waals surface area contributed by atoms with Crippen LogP contribution in [0.1, 0.15) is 12.5 Å². The van der Waals surface area contributed by atoms with E-state index in [-0.39, 0.29) is 5.69 Å². The number of halogens is 3. The van der Waals surface area contributed by atoms with Crippen molar-refractivity contribution < 1.29 is 23.1 Å². The van der Waals surface area contributed by atoms with Crippen molar-refractivity contribution in [3.05, 3.63) is 41.6 Å². The van der Waals surface area contributed by atoms with Gasteiger partial charge in [-0.25, -0.2) is 9.79 Å². The largest absolute Gasteiger partial charge is 0.478 e. The van der Waals surface area contributed by atoms with E-state index in [2.05, 4.69) is 4.99 Å². The van der Waals surface area contributed by atoms with Crippen LogP contribution in [0, 0.1) is 0 Å². The molecule has 1 rings (SSSR count). The Kier molecular flexibility index (Phi) is 4.90. The zero-order valence-corrected chi connectivity index (χ0v) is 10.6. The lowest BCUT2D eigenvalue weighted by Gasteiger charge is -2.11. The second-order valence-electron chi connectivity index (χ2n) is 3.86. The molecule has 4 nitrogen and oxygen atoms in total. The molecule has 0 radical (unpaired) electrons. The molecular weight excluding hydrogens is 273 g/mol. The van der Waals surface area contributed by atoms with E-state index in [1.807, 2.05) is 6.92 Å². The molecule has 108 valence electrons. The zero-order valence-electron chi connectivity index (χ0n) is 10.6. The molecule has 0 atom stereocenters. The number of aliphatic carboxylic acids is 1. The van der Waals surface area contributed by atoms with E-state index >= 15 is 0 Å². The van der Waals surface area contributed by atoms with Gasteiger partial charge >= 0.3 is 12.1 Å². The van der Waals surface area contributed by atoms with E-state index in [1.54, 1.807) is 12.1 Å². The van der Waals surface area contributed by atoms with Crippen molar-refractivity contribution in [1.29, 1.82) is 0 Å². The zero-order chi connectivity index (χ0) is 15.3. The Labute approximate surface area is 113 Å². The molecule has 7 heteroatoms. The van der Waals surface area contributed by atoms with E-state index in [0.29, 0.717) is 6.20 Å². The van der Waals surface area contributed by atoms with E-state index in [0.717, 1.165) is 12.0 Å². The SMILES string of the molecule is CCc1ccc(N=C(C(=CN)C(=O)O)C(F)(F)F)cc1. The van der Waals surface area contributed by atoms with Gasteiger partial charge in [0.1, 0.15) is 5.57 Å². The Morgan fingerprint density at radius 3 is 2.25 bits per heavy atom. The molecule has 1 aromatic carbocycles. The van der Waals surface area contributed by atoms with Crippen molar-refractivity contribution in [3.63, 3.8) is 0 Å². The maximum Gasteiger partial charge on any atom is 0.434 e. The van der Waals surface area contributed by atoms with Gasteiger partial charge in [0.05, 0.1) is 5.69 Å². The van der Waals surface area contributed by atoms with Gasteiger partial charge < -0.3 is 10.8 Å². The highest BCUT2D eigenvalue weighted by molar-refractivity contribution is 6.22. The summed E-state index contributed by atoms with van der Waals surface area (Å²) in [6.45, 7) is 1.90. The average molecular weight is 286 g/mol. The minimum absolute atomic E-state index is 0.00938. The van der Waals surface area contributed by atoms with Gasteiger partial charge in [-0.05, 0) is 24.1 Å². The number of alkyl halides is 3. The van der Waals surface area contributed by atoms with Crippen LogP contribution in [0.25, 0.3) is 0 Å². The molecule has 20 heavy (non-hydrogen) atoms. The highest BCUT2D eigenvalue weighted by Crippen LogP contribution is 2.26. The second-order valence-corrected chi connectivity index (χ2v) is 3.86. The summed E-state index contributed by atoms with van der Waals surface area (Å²) in [5, 5.41) is 8.74. The molecule has 0 amide bonds. The van der Waals surface area contributed by atoms with Gasteiger partial charge in [-0.1, -0.05) is 19.1 Å². The summed E-state index contributed by atoms with van der Waals surface area (Å²) in [6.07, 6.45) is -3.79. The number of rotatable bonds is 4. The van der Waals surface area contributed by atoms with Crippen LogP contribution in [0.5, 0.6) is 0 Å². The molecular formula is C13H13F3N2O2. The van der Waals surface area contributed by atoms with Crippen LogP contribution < -0.4 is 5.73 Å². The molecule has 0 bridgehead atoms. The molecule has 0 saturated carbocycles. The van der Waals surface area contributed by atoms with Crippen LogP contribution in [0.15, 0.2) is 41.0 Å². The third kappa shape index (κ3) is 3.84. The first kappa shape index (κ1) is 15.7. The molecule has 0 heterocycles. The molecule has 0 aromatic heterocycles. The number of carbonyl (C=O) groups is 1. The molecule has 0 aliphatic heterocycles. The Balaban J connectivity index is 3.29. The number of hydrogen-bond acceptors (Lipinski definition) is 3. The van der Waals surface area contributed by atoms with Crippen molar-refractivity contribution in [2.24, 2.45) is 10.7 Å². The molecule has 0 unspecified atom stereocenters. The molecule has 1 aromatic rings. The fraction of sp³-hybridized carbons (Fsp3) is 0.231. The normalized spacial score (nSPS) is 13.4. The summed E-state index contributed by atoms with van der Waals surface area (Å²) in [7, 11) is 0. The number of benzene rings is 1. The van der Waals surface area contributed by atoms with Gasteiger partial charge in [-0.15, -0.1) is 0 Å².